The molecular weight excluding hydrogens is 348 g/mol. The van der Waals surface area contributed by atoms with Gasteiger partial charge in [0.05, 0.1) is 31.5 Å². The number of esters is 1. The molecule has 0 aliphatic rings. The minimum atomic E-state index is -0.474. The zero-order valence-corrected chi connectivity index (χ0v) is 15.7. The number of phenols is 1. The molecule has 7 nitrogen and oxygen atoms in total. The third-order valence-corrected chi connectivity index (χ3v) is 3.81. The molecule has 0 bridgehead atoms. The predicted octanol–water partition coefficient (Wildman–Crippen LogP) is 2.65. The Labute approximate surface area is 158 Å². The van der Waals surface area contributed by atoms with Crippen LogP contribution in [0.25, 0.3) is 0 Å². The molecule has 0 spiro atoms. The Balaban J connectivity index is 1.99. The van der Waals surface area contributed by atoms with Gasteiger partial charge in [-0.3, -0.25) is 9.69 Å². The number of carbonyl (C=O) groups is 2. The van der Waals surface area contributed by atoms with Crippen LogP contribution in [0.15, 0.2) is 42.5 Å². The van der Waals surface area contributed by atoms with Crippen molar-refractivity contribution in [2.75, 3.05) is 32.6 Å². The smallest absolute Gasteiger partial charge is 0.340 e. The van der Waals surface area contributed by atoms with Gasteiger partial charge in [-0.1, -0.05) is 18.2 Å². The van der Waals surface area contributed by atoms with Crippen molar-refractivity contribution >= 4 is 17.6 Å². The van der Waals surface area contributed by atoms with E-state index in [2.05, 4.69) is 5.32 Å². The highest BCUT2D eigenvalue weighted by Gasteiger charge is 2.15. The lowest BCUT2D eigenvalue weighted by molar-refractivity contribution is -0.117. The molecular formula is C20H24N2O5. The largest absolute Gasteiger partial charge is 0.504 e. The fraction of sp³-hybridized carbons (Fsp3) is 0.300. The molecule has 2 aromatic carbocycles. The van der Waals surface area contributed by atoms with Crippen molar-refractivity contribution in [3.05, 3.63) is 53.6 Å². The van der Waals surface area contributed by atoms with Crippen LogP contribution in [-0.4, -0.2) is 49.2 Å². The standard InChI is InChI=1S/C20H24N2O5/c1-4-27-20(25)15-7-5-6-8-16(15)21-19(24)13-22(2)12-14-9-10-17(23)18(11-14)26-3/h5-11,23H,4,12-13H2,1-3H3,(H,21,24). The van der Waals surface area contributed by atoms with Gasteiger partial charge >= 0.3 is 5.97 Å². The number of phenolic OH excluding ortho intramolecular Hbond substituents is 1. The molecule has 0 unspecified atom stereocenters. The van der Waals surface area contributed by atoms with Gasteiger partial charge in [-0.05, 0) is 43.8 Å². The van der Waals surface area contributed by atoms with Gasteiger partial charge in [0.1, 0.15) is 0 Å². The fourth-order valence-corrected chi connectivity index (χ4v) is 2.60. The summed E-state index contributed by atoms with van der Waals surface area (Å²) in [7, 11) is 3.28. The van der Waals surface area contributed by atoms with E-state index in [0.29, 0.717) is 23.5 Å². The zero-order chi connectivity index (χ0) is 19.8. The van der Waals surface area contributed by atoms with Crippen molar-refractivity contribution in [3.8, 4) is 11.5 Å². The van der Waals surface area contributed by atoms with Crippen LogP contribution in [0.3, 0.4) is 0 Å². The van der Waals surface area contributed by atoms with Crippen LogP contribution in [-0.2, 0) is 16.1 Å². The van der Waals surface area contributed by atoms with E-state index in [1.807, 2.05) is 4.90 Å². The van der Waals surface area contributed by atoms with Crippen molar-refractivity contribution in [1.82, 2.24) is 4.90 Å². The fourth-order valence-electron chi connectivity index (χ4n) is 2.60. The first-order valence-electron chi connectivity index (χ1n) is 8.55. The molecule has 2 N–H and O–H groups in total. The summed E-state index contributed by atoms with van der Waals surface area (Å²) in [5.74, 6) is -0.274. The maximum absolute atomic E-state index is 12.4. The van der Waals surface area contributed by atoms with E-state index in [0.717, 1.165) is 5.56 Å². The second-order valence-electron chi connectivity index (χ2n) is 5.99. The van der Waals surface area contributed by atoms with E-state index >= 15 is 0 Å². The quantitative estimate of drug-likeness (QED) is 0.693. The number of hydrogen-bond donors (Lipinski definition) is 2. The monoisotopic (exact) mass is 372 g/mol. The number of anilines is 1. The van der Waals surface area contributed by atoms with E-state index in [9.17, 15) is 14.7 Å². The number of rotatable bonds is 8. The van der Waals surface area contributed by atoms with Crippen molar-refractivity contribution < 1.29 is 24.2 Å². The topological polar surface area (TPSA) is 88.1 Å². The number of hydrogen-bond acceptors (Lipinski definition) is 6. The van der Waals surface area contributed by atoms with E-state index < -0.39 is 5.97 Å². The number of nitrogens with zero attached hydrogens (tertiary/aromatic N) is 1. The Morgan fingerprint density at radius 2 is 1.93 bits per heavy atom. The van der Waals surface area contributed by atoms with Crippen LogP contribution in [0.4, 0.5) is 5.69 Å². The molecule has 2 rings (SSSR count). The number of aromatic hydroxyl groups is 1. The summed E-state index contributed by atoms with van der Waals surface area (Å²) in [5.41, 5.74) is 1.63. The molecule has 0 radical (unpaired) electrons. The van der Waals surface area contributed by atoms with Crippen LogP contribution in [0.2, 0.25) is 0 Å². The number of methoxy groups -OCH3 is 1. The van der Waals surface area contributed by atoms with Gasteiger partial charge in [0.25, 0.3) is 0 Å². The highest BCUT2D eigenvalue weighted by molar-refractivity contribution is 6.01. The van der Waals surface area contributed by atoms with Crippen LogP contribution in [0.1, 0.15) is 22.8 Å². The Morgan fingerprint density at radius 1 is 1.19 bits per heavy atom. The molecule has 2 aromatic rings. The molecule has 0 saturated heterocycles. The van der Waals surface area contributed by atoms with Crippen LogP contribution in [0, 0.1) is 0 Å². The van der Waals surface area contributed by atoms with Crippen molar-refractivity contribution in [2.45, 2.75) is 13.5 Å². The maximum atomic E-state index is 12.4. The van der Waals surface area contributed by atoms with Gasteiger partial charge in [-0.25, -0.2) is 4.79 Å². The average Bonchev–Trinajstić information content (AvgIpc) is 2.63. The number of para-hydroxylation sites is 1. The highest BCUT2D eigenvalue weighted by Crippen LogP contribution is 2.26. The van der Waals surface area contributed by atoms with Gasteiger partial charge in [0, 0.05) is 6.54 Å². The molecule has 7 heteroatoms. The first kappa shape index (κ1) is 20.3. The first-order chi connectivity index (χ1) is 12.9. The van der Waals surface area contributed by atoms with Gasteiger partial charge in [-0.15, -0.1) is 0 Å². The number of nitrogens with one attached hydrogen (secondary N) is 1. The summed E-state index contributed by atoms with van der Waals surface area (Å²) < 4.78 is 10.1. The highest BCUT2D eigenvalue weighted by atomic mass is 16.5. The lowest BCUT2D eigenvalue weighted by Gasteiger charge is -2.17. The van der Waals surface area contributed by atoms with E-state index in [-0.39, 0.29) is 24.8 Å². The maximum Gasteiger partial charge on any atom is 0.340 e. The normalized spacial score (nSPS) is 10.5. The average molecular weight is 372 g/mol. The van der Waals surface area contributed by atoms with E-state index in [1.165, 1.54) is 7.11 Å². The van der Waals surface area contributed by atoms with E-state index in [4.69, 9.17) is 9.47 Å². The number of amides is 1. The lowest BCUT2D eigenvalue weighted by Crippen LogP contribution is -2.30. The minimum absolute atomic E-state index is 0.0669. The molecule has 27 heavy (non-hydrogen) atoms. The molecule has 0 fully saturated rings. The molecule has 0 aromatic heterocycles. The molecule has 0 aliphatic carbocycles. The second kappa shape index (κ2) is 9.59. The minimum Gasteiger partial charge on any atom is -0.504 e. The van der Waals surface area contributed by atoms with Crippen LogP contribution in [0.5, 0.6) is 11.5 Å². The van der Waals surface area contributed by atoms with Crippen molar-refractivity contribution in [3.63, 3.8) is 0 Å². The molecule has 0 heterocycles. The summed E-state index contributed by atoms with van der Waals surface area (Å²) >= 11 is 0. The van der Waals surface area contributed by atoms with Gasteiger partial charge in [0.15, 0.2) is 11.5 Å². The SMILES string of the molecule is CCOC(=O)c1ccccc1NC(=O)CN(C)Cc1ccc(O)c(OC)c1. The van der Waals surface area contributed by atoms with Crippen LogP contribution < -0.4 is 10.1 Å². The number of benzene rings is 2. The summed E-state index contributed by atoms with van der Waals surface area (Å²) in [6.07, 6.45) is 0. The van der Waals surface area contributed by atoms with Gasteiger partial charge in [-0.2, -0.15) is 0 Å². The zero-order valence-electron chi connectivity index (χ0n) is 15.7. The molecule has 0 aliphatic heterocycles. The Hall–Kier alpha value is -3.06. The Kier molecular flexibility index (Phi) is 7.19. The molecule has 0 saturated carbocycles. The van der Waals surface area contributed by atoms with Crippen LogP contribution >= 0.6 is 0 Å². The van der Waals surface area contributed by atoms with Crippen molar-refractivity contribution in [1.29, 1.82) is 0 Å². The van der Waals surface area contributed by atoms with Gasteiger partial charge < -0.3 is 19.9 Å². The van der Waals surface area contributed by atoms with Crippen molar-refractivity contribution in [2.24, 2.45) is 0 Å². The predicted molar refractivity (Wildman–Crippen MR) is 102 cm³/mol. The van der Waals surface area contributed by atoms with E-state index in [1.54, 1.807) is 56.4 Å². The third kappa shape index (κ3) is 5.72. The molecule has 0 atom stereocenters. The second-order valence-corrected chi connectivity index (χ2v) is 5.99. The molecule has 1 amide bonds. The first-order valence-corrected chi connectivity index (χ1v) is 8.55. The Morgan fingerprint density at radius 3 is 2.63 bits per heavy atom. The van der Waals surface area contributed by atoms with Gasteiger partial charge in [0.2, 0.25) is 5.91 Å². The number of carbonyl (C=O) groups excluding carboxylic acids is 2. The summed E-state index contributed by atoms with van der Waals surface area (Å²) in [6.45, 7) is 2.61. The Bertz CT molecular complexity index is 807. The third-order valence-electron chi connectivity index (χ3n) is 3.81. The summed E-state index contributed by atoms with van der Waals surface area (Å²) in [4.78, 5) is 26.1. The molecule has 144 valence electrons. The number of ether oxygens (including phenoxy) is 2. The summed E-state index contributed by atoms with van der Waals surface area (Å²) in [6, 6.07) is 11.8. The lowest BCUT2D eigenvalue weighted by atomic mass is 10.1. The number of likely N-dealkylation sites (N-methyl/N-ethyl adjacent to an activating group) is 1. The summed E-state index contributed by atoms with van der Waals surface area (Å²) in [5, 5.41) is 12.4.